The van der Waals surface area contributed by atoms with Crippen LogP contribution >= 0.6 is 11.3 Å². The first-order valence-corrected chi connectivity index (χ1v) is 8.71. The second-order valence-electron chi connectivity index (χ2n) is 4.26. The zero-order valence-corrected chi connectivity index (χ0v) is 12.7. The Bertz CT molecular complexity index is 716. The molecule has 0 aliphatic heterocycles. The van der Waals surface area contributed by atoms with Gasteiger partial charge in [0.1, 0.15) is 21.3 Å². The lowest BCUT2D eigenvalue weighted by molar-refractivity contribution is 0.112. The molecule has 0 radical (unpaired) electrons. The second-order valence-corrected chi connectivity index (χ2v) is 7.44. The minimum absolute atomic E-state index is 0.0198. The van der Waals surface area contributed by atoms with Crippen molar-refractivity contribution in [3.8, 4) is 16.3 Å². The zero-order chi connectivity index (χ0) is 14.8. The van der Waals surface area contributed by atoms with Gasteiger partial charge in [-0.15, -0.1) is 11.3 Å². The van der Waals surface area contributed by atoms with Gasteiger partial charge >= 0.3 is 0 Å². The van der Waals surface area contributed by atoms with Crippen LogP contribution in [0.1, 0.15) is 10.4 Å². The number of methoxy groups -OCH3 is 1. The number of aromatic nitrogens is 2. The molecule has 6 nitrogen and oxygen atoms in total. The number of carbonyl (C=O) groups excluding carboxylic acids is 1. The molecule has 2 aromatic heterocycles. The number of hydrogen-bond acceptors (Lipinski definition) is 6. The van der Waals surface area contributed by atoms with E-state index < -0.39 is 9.84 Å². The molecule has 0 amide bonds. The molecule has 2 rings (SSSR count). The van der Waals surface area contributed by atoms with E-state index in [1.165, 1.54) is 22.3 Å². The van der Waals surface area contributed by atoms with Crippen LogP contribution in [0.15, 0.2) is 17.6 Å². The fourth-order valence-corrected chi connectivity index (χ4v) is 3.09. The summed E-state index contributed by atoms with van der Waals surface area (Å²) in [5.74, 6) is 0.625. The number of thiophene rings is 1. The first kappa shape index (κ1) is 14.7. The molecule has 0 aliphatic rings. The molecule has 0 unspecified atom stereocenters. The minimum atomic E-state index is -3.07. The van der Waals surface area contributed by atoms with Crippen LogP contribution in [0.2, 0.25) is 0 Å². The fraction of sp³-hybridized carbons (Fsp3) is 0.333. The Morgan fingerprint density at radius 2 is 2.25 bits per heavy atom. The molecule has 0 aromatic carbocycles. The van der Waals surface area contributed by atoms with Crippen molar-refractivity contribution in [3.63, 3.8) is 0 Å². The quantitative estimate of drug-likeness (QED) is 0.755. The average Bonchev–Trinajstić information content (AvgIpc) is 3.00. The van der Waals surface area contributed by atoms with Crippen LogP contribution in [0.4, 0.5) is 0 Å². The van der Waals surface area contributed by atoms with Crippen molar-refractivity contribution in [2.45, 2.75) is 6.54 Å². The number of sulfone groups is 1. The van der Waals surface area contributed by atoms with Crippen molar-refractivity contribution in [3.05, 3.63) is 23.2 Å². The van der Waals surface area contributed by atoms with E-state index in [2.05, 4.69) is 5.10 Å². The molecule has 0 bridgehead atoms. The van der Waals surface area contributed by atoms with Gasteiger partial charge in [-0.25, -0.2) is 8.42 Å². The monoisotopic (exact) mass is 314 g/mol. The maximum atomic E-state index is 11.2. The number of hydrogen-bond donors (Lipinski definition) is 0. The Hall–Kier alpha value is -1.67. The lowest BCUT2D eigenvalue weighted by atomic mass is 10.2. The van der Waals surface area contributed by atoms with E-state index in [4.69, 9.17) is 4.74 Å². The Morgan fingerprint density at radius 3 is 2.85 bits per heavy atom. The summed E-state index contributed by atoms with van der Waals surface area (Å²) in [5, 5.41) is 6.13. The van der Waals surface area contributed by atoms with Crippen molar-refractivity contribution in [2.24, 2.45) is 0 Å². The summed E-state index contributed by atoms with van der Waals surface area (Å²) in [6, 6.07) is 1.80. The molecule has 0 aliphatic carbocycles. The Morgan fingerprint density at radius 1 is 1.50 bits per heavy atom. The molecule has 0 saturated carbocycles. The molecule has 2 aromatic rings. The van der Waals surface area contributed by atoms with Crippen LogP contribution in [-0.2, 0) is 16.4 Å². The number of aldehydes is 1. The predicted octanol–water partition coefficient (Wildman–Crippen LogP) is 1.48. The van der Waals surface area contributed by atoms with Gasteiger partial charge < -0.3 is 4.74 Å². The van der Waals surface area contributed by atoms with Crippen LogP contribution in [0, 0.1) is 0 Å². The van der Waals surface area contributed by atoms with E-state index in [0.29, 0.717) is 23.3 Å². The highest BCUT2D eigenvalue weighted by Crippen LogP contribution is 2.35. The summed E-state index contributed by atoms with van der Waals surface area (Å²) in [6.07, 6.45) is 3.42. The fourth-order valence-electron chi connectivity index (χ4n) is 1.70. The molecule has 8 heteroatoms. The van der Waals surface area contributed by atoms with Crippen LogP contribution < -0.4 is 4.74 Å². The van der Waals surface area contributed by atoms with E-state index in [0.717, 1.165) is 4.88 Å². The summed E-state index contributed by atoms with van der Waals surface area (Å²) in [5.41, 5.74) is 0.930. The van der Waals surface area contributed by atoms with Gasteiger partial charge in [0.2, 0.25) is 0 Å². The van der Waals surface area contributed by atoms with Gasteiger partial charge in [0.15, 0.2) is 6.29 Å². The van der Waals surface area contributed by atoms with Gasteiger partial charge in [-0.3, -0.25) is 9.48 Å². The van der Waals surface area contributed by atoms with Crippen LogP contribution in [0.25, 0.3) is 10.6 Å². The molecular formula is C12H14N2O4S2. The van der Waals surface area contributed by atoms with E-state index >= 15 is 0 Å². The number of carbonyl (C=O) groups is 1. The van der Waals surface area contributed by atoms with Gasteiger partial charge in [-0.1, -0.05) is 0 Å². The van der Waals surface area contributed by atoms with Gasteiger partial charge in [0, 0.05) is 12.5 Å². The molecule has 108 valence electrons. The largest absolute Gasteiger partial charge is 0.495 e. The first-order valence-electron chi connectivity index (χ1n) is 5.77. The highest BCUT2D eigenvalue weighted by Gasteiger charge is 2.16. The smallest absolute Gasteiger partial charge is 0.153 e. The summed E-state index contributed by atoms with van der Waals surface area (Å²) >= 11 is 1.42. The molecule has 0 fully saturated rings. The third-order valence-electron chi connectivity index (χ3n) is 2.67. The number of rotatable bonds is 6. The Balaban J connectivity index is 2.34. The van der Waals surface area contributed by atoms with Crippen LogP contribution in [-0.4, -0.2) is 43.6 Å². The highest BCUT2D eigenvalue weighted by molar-refractivity contribution is 7.90. The summed E-state index contributed by atoms with van der Waals surface area (Å²) in [7, 11) is -1.52. The number of aryl methyl sites for hydroxylation is 1. The highest BCUT2D eigenvalue weighted by atomic mass is 32.2. The average molecular weight is 314 g/mol. The van der Waals surface area contributed by atoms with Crippen molar-refractivity contribution >= 4 is 27.5 Å². The van der Waals surface area contributed by atoms with Gasteiger partial charge in [0.25, 0.3) is 0 Å². The van der Waals surface area contributed by atoms with Crippen LogP contribution in [0.5, 0.6) is 5.75 Å². The van der Waals surface area contributed by atoms with E-state index in [9.17, 15) is 13.2 Å². The number of ether oxygens (including phenoxy) is 1. The molecule has 0 N–H and O–H groups in total. The third-order valence-corrected chi connectivity index (χ3v) is 4.50. The summed E-state index contributed by atoms with van der Waals surface area (Å²) < 4.78 is 29.0. The normalized spacial score (nSPS) is 11.5. The SMILES string of the molecule is COc1ccsc1-c1nn(CCS(C)(=O)=O)cc1C=O. The number of nitrogens with zero attached hydrogens (tertiary/aromatic N) is 2. The lowest BCUT2D eigenvalue weighted by Gasteiger charge is -2.01. The molecule has 0 spiro atoms. The molecule has 20 heavy (non-hydrogen) atoms. The Labute approximate surface area is 120 Å². The molecule has 0 saturated heterocycles. The Kier molecular flexibility index (Phi) is 4.24. The van der Waals surface area contributed by atoms with Crippen LogP contribution in [0.3, 0.4) is 0 Å². The van der Waals surface area contributed by atoms with Crippen molar-refractivity contribution in [2.75, 3.05) is 19.1 Å². The maximum Gasteiger partial charge on any atom is 0.153 e. The van der Waals surface area contributed by atoms with Crippen molar-refractivity contribution in [1.29, 1.82) is 0 Å². The molecular weight excluding hydrogens is 300 g/mol. The maximum absolute atomic E-state index is 11.2. The van der Waals surface area contributed by atoms with E-state index in [-0.39, 0.29) is 12.3 Å². The minimum Gasteiger partial charge on any atom is -0.495 e. The van der Waals surface area contributed by atoms with Crippen molar-refractivity contribution in [1.82, 2.24) is 9.78 Å². The molecule has 2 heterocycles. The van der Waals surface area contributed by atoms with E-state index in [1.54, 1.807) is 19.4 Å². The standard InChI is InChI=1S/C12H14N2O4S2/c1-18-10-3-5-19-12(10)11-9(8-15)7-14(13-11)4-6-20(2,16)17/h3,5,7-8H,4,6H2,1-2H3. The van der Waals surface area contributed by atoms with Crippen molar-refractivity contribution < 1.29 is 17.9 Å². The third kappa shape index (κ3) is 3.26. The summed E-state index contributed by atoms with van der Waals surface area (Å²) in [4.78, 5) is 11.9. The zero-order valence-electron chi connectivity index (χ0n) is 11.1. The predicted molar refractivity (Wildman–Crippen MR) is 77.2 cm³/mol. The molecule has 0 atom stereocenters. The topological polar surface area (TPSA) is 78.3 Å². The van der Waals surface area contributed by atoms with E-state index in [1.807, 2.05) is 5.38 Å². The van der Waals surface area contributed by atoms with Gasteiger partial charge in [0.05, 0.1) is 29.8 Å². The van der Waals surface area contributed by atoms with Gasteiger partial charge in [-0.2, -0.15) is 5.10 Å². The first-order chi connectivity index (χ1) is 9.44. The second kappa shape index (κ2) is 5.76. The lowest BCUT2D eigenvalue weighted by Crippen LogP contribution is -2.11. The van der Waals surface area contributed by atoms with Gasteiger partial charge in [-0.05, 0) is 11.4 Å². The summed E-state index contributed by atoms with van der Waals surface area (Å²) in [6.45, 7) is 0.216.